The van der Waals surface area contributed by atoms with Crippen LogP contribution in [-0.4, -0.2) is 26.0 Å². The molecule has 0 amide bonds. The third-order valence-electron chi connectivity index (χ3n) is 4.14. The van der Waals surface area contributed by atoms with Crippen molar-refractivity contribution >= 4 is 34.2 Å². The van der Waals surface area contributed by atoms with Crippen molar-refractivity contribution in [2.75, 3.05) is 0 Å². The van der Waals surface area contributed by atoms with Crippen molar-refractivity contribution in [2.45, 2.75) is 51.7 Å². The second kappa shape index (κ2) is 8.01. The molecule has 28 heavy (non-hydrogen) atoms. The quantitative estimate of drug-likeness (QED) is 0.166. The first kappa shape index (κ1) is 20.5. The number of hydrazine groups is 1. The van der Waals surface area contributed by atoms with Crippen molar-refractivity contribution in [1.29, 1.82) is 0 Å². The third-order valence-corrected chi connectivity index (χ3v) is 4.41. The van der Waals surface area contributed by atoms with Gasteiger partial charge in [-0.05, 0) is 55.1 Å². The summed E-state index contributed by atoms with van der Waals surface area (Å²) in [6, 6.07) is 2.12. The highest BCUT2D eigenvalue weighted by Crippen LogP contribution is 2.40. The van der Waals surface area contributed by atoms with Crippen LogP contribution in [0, 0.1) is 9.85 Å². The lowest BCUT2D eigenvalue weighted by atomic mass is 10.1. The topological polar surface area (TPSA) is 98.9 Å². The fourth-order valence-electron chi connectivity index (χ4n) is 2.83. The minimum absolute atomic E-state index is 0.0614. The Kier molecular flexibility index (Phi) is 5.86. The van der Waals surface area contributed by atoms with E-state index in [0.29, 0.717) is 12.5 Å². The number of esters is 1. The maximum absolute atomic E-state index is 12.0. The van der Waals surface area contributed by atoms with E-state index >= 15 is 0 Å². The number of halogens is 1. The third kappa shape index (κ3) is 5.17. The van der Waals surface area contributed by atoms with Gasteiger partial charge in [-0.2, -0.15) is 0 Å². The van der Waals surface area contributed by atoms with Gasteiger partial charge in [0.15, 0.2) is 5.65 Å². The highest BCUT2D eigenvalue weighted by molar-refractivity contribution is 14.1. The summed E-state index contributed by atoms with van der Waals surface area (Å²) in [5.74, 6) is 9.14. The zero-order valence-corrected chi connectivity index (χ0v) is 18.4. The fraction of sp³-hybridized carbons (Fsp3) is 0.400. The number of rotatable bonds is 5. The number of carbonyl (C=O) groups excluding carboxylic acids is 1. The van der Waals surface area contributed by atoms with Crippen LogP contribution in [0.4, 0.5) is 0 Å². The molecule has 0 radical (unpaired) electrons. The maximum atomic E-state index is 12.0. The number of aromatic nitrogens is 2. The minimum atomic E-state index is -0.619. The van der Waals surface area contributed by atoms with E-state index < -0.39 is 11.6 Å². The summed E-state index contributed by atoms with van der Waals surface area (Å²) in [5, 5.41) is 1.33. The summed E-state index contributed by atoms with van der Waals surface area (Å²) in [6.07, 6.45) is 7.83. The van der Waals surface area contributed by atoms with Gasteiger partial charge in [0, 0.05) is 41.2 Å². The SMILES string of the molecule is CC(C)(C)OC(=O)/C(N)=C/N(N)Cc1cn2cc(C3CC3)cc(C#CI)c2n1. The van der Waals surface area contributed by atoms with E-state index in [1.807, 2.05) is 33.2 Å². The van der Waals surface area contributed by atoms with Gasteiger partial charge in [0.05, 0.1) is 17.8 Å². The van der Waals surface area contributed by atoms with Crippen LogP contribution in [0.25, 0.3) is 5.65 Å². The Hall–Kier alpha value is -2.25. The van der Waals surface area contributed by atoms with Crippen molar-refractivity contribution in [3.8, 4) is 9.85 Å². The van der Waals surface area contributed by atoms with Crippen LogP contribution in [0.1, 0.15) is 56.4 Å². The highest BCUT2D eigenvalue weighted by atomic mass is 127. The standard InChI is InChI=1S/C20H24IN5O2/c1-20(2,3)28-19(27)17(22)12-26(23)11-16-10-25-9-15(13-4-5-13)8-14(6-7-21)18(25)24-16/h8-10,12-13H,4-5,11,22-23H2,1-3H3/b17-12-. The van der Waals surface area contributed by atoms with Crippen LogP contribution < -0.4 is 11.6 Å². The predicted molar refractivity (Wildman–Crippen MR) is 116 cm³/mol. The van der Waals surface area contributed by atoms with Gasteiger partial charge >= 0.3 is 5.97 Å². The smallest absolute Gasteiger partial charge is 0.356 e. The molecule has 148 valence electrons. The highest BCUT2D eigenvalue weighted by Gasteiger charge is 2.25. The van der Waals surface area contributed by atoms with Crippen molar-refractivity contribution in [3.63, 3.8) is 0 Å². The lowest BCUT2D eigenvalue weighted by Gasteiger charge is -2.20. The molecular formula is C20H24IN5O2. The van der Waals surface area contributed by atoms with Gasteiger partial charge in [-0.3, -0.25) is 0 Å². The summed E-state index contributed by atoms with van der Waals surface area (Å²) < 4.78 is 10.2. The number of imidazole rings is 1. The number of nitrogens with two attached hydrogens (primary N) is 2. The summed E-state index contributed by atoms with van der Waals surface area (Å²) >= 11 is 2.03. The lowest BCUT2D eigenvalue weighted by Crippen LogP contribution is -2.31. The molecule has 2 heterocycles. The molecule has 0 aliphatic heterocycles. The van der Waals surface area contributed by atoms with Crippen LogP contribution in [0.15, 0.2) is 30.4 Å². The largest absolute Gasteiger partial charge is 0.455 e. The normalized spacial score (nSPS) is 14.5. The van der Waals surface area contributed by atoms with Gasteiger partial charge in [0.25, 0.3) is 0 Å². The summed E-state index contributed by atoms with van der Waals surface area (Å²) in [4.78, 5) is 16.6. The molecule has 0 spiro atoms. The molecule has 4 N–H and O–H groups in total. The molecule has 1 aliphatic rings. The first-order valence-electron chi connectivity index (χ1n) is 9.01. The van der Waals surface area contributed by atoms with Gasteiger partial charge in [-0.1, -0.05) is 5.92 Å². The predicted octanol–water partition coefficient (Wildman–Crippen LogP) is 2.77. The molecule has 0 atom stereocenters. The van der Waals surface area contributed by atoms with E-state index in [1.165, 1.54) is 29.6 Å². The molecule has 1 fully saturated rings. The van der Waals surface area contributed by atoms with Gasteiger partial charge in [-0.15, -0.1) is 0 Å². The monoisotopic (exact) mass is 493 g/mol. The Morgan fingerprint density at radius 3 is 2.79 bits per heavy atom. The van der Waals surface area contributed by atoms with E-state index in [-0.39, 0.29) is 5.70 Å². The van der Waals surface area contributed by atoms with E-state index in [2.05, 4.69) is 27.1 Å². The number of hydrogen-bond donors (Lipinski definition) is 2. The molecule has 1 aliphatic carbocycles. The van der Waals surface area contributed by atoms with Crippen LogP contribution in [0.3, 0.4) is 0 Å². The second-order valence-corrected chi connectivity index (χ2v) is 8.44. The van der Waals surface area contributed by atoms with Crippen LogP contribution in [-0.2, 0) is 16.1 Å². The second-order valence-electron chi connectivity index (χ2n) is 7.90. The first-order chi connectivity index (χ1) is 13.2. The fourth-order valence-corrected chi connectivity index (χ4v) is 3.12. The number of hydrogen-bond acceptors (Lipinski definition) is 6. The molecular weight excluding hydrogens is 469 g/mol. The molecule has 7 nitrogen and oxygen atoms in total. The molecule has 0 saturated heterocycles. The summed E-state index contributed by atoms with van der Waals surface area (Å²) in [5.41, 5.74) is 8.84. The van der Waals surface area contributed by atoms with Crippen molar-refractivity contribution in [3.05, 3.63) is 47.2 Å². The zero-order chi connectivity index (χ0) is 20.5. The molecule has 8 heteroatoms. The van der Waals surface area contributed by atoms with Crippen molar-refractivity contribution in [1.82, 2.24) is 14.4 Å². The van der Waals surface area contributed by atoms with E-state index in [9.17, 15) is 4.79 Å². The number of ether oxygens (including phenoxy) is 1. The Morgan fingerprint density at radius 1 is 1.46 bits per heavy atom. The molecule has 3 rings (SSSR count). The minimum Gasteiger partial charge on any atom is -0.455 e. The van der Waals surface area contributed by atoms with Crippen LogP contribution >= 0.6 is 22.6 Å². The molecule has 0 bridgehead atoms. The molecule has 2 aromatic heterocycles. The zero-order valence-electron chi connectivity index (χ0n) is 16.2. The number of carbonyl (C=O) groups is 1. The summed E-state index contributed by atoms with van der Waals surface area (Å²) in [7, 11) is 0. The van der Waals surface area contributed by atoms with Gasteiger partial charge in [-0.25, -0.2) is 15.6 Å². The Bertz CT molecular complexity index is 990. The van der Waals surface area contributed by atoms with E-state index in [4.69, 9.17) is 16.3 Å². The lowest BCUT2D eigenvalue weighted by molar-refractivity contribution is -0.150. The Morgan fingerprint density at radius 2 is 2.18 bits per heavy atom. The first-order valence-corrected chi connectivity index (χ1v) is 10.1. The number of fused-ring (bicyclic) bond motifs is 1. The Labute approximate surface area is 178 Å². The average Bonchev–Trinajstić information content (AvgIpc) is 3.34. The van der Waals surface area contributed by atoms with Crippen molar-refractivity contribution < 1.29 is 9.53 Å². The van der Waals surface area contributed by atoms with Gasteiger partial charge in [0.2, 0.25) is 0 Å². The Balaban J connectivity index is 1.80. The average molecular weight is 493 g/mol. The molecule has 1 saturated carbocycles. The van der Waals surface area contributed by atoms with E-state index in [1.54, 1.807) is 20.8 Å². The summed E-state index contributed by atoms with van der Waals surface area (Å²) in [6.45, 7) is 5.63. The van der Waals surface area contributed by atoms with Crippen LogP contribution in [0.5, 0.6) is 0 Å². The number of pyridine rings is 1. The van der Waals surface area contributed by atoms with E-state index in [0.717, 1.165) is 16.9 Å². The van der Waals surface area contributed by atoms with Crippen molar-refractivity contribution in [2.24, 2.45) is 11.6 Å². The van der Waals surface area contributed by atoms with Gasteiger partial charge in [0.1, 0.15) is 11.3 Å². The molecule has 2 aromatic rings. The molecule has 0 unspecified atom stereocenters. The van der Waals surface area contributed by atoms with Crippen LogP contribution in [0.2, 0.25) is 0 Å². The van der Waals surface area contributed by atoms with Gasteiger partial charge < -0.3 is 19.9 Å². The number of nitrogens with zero attached hydrogens (tertiary/aromatic N) is 3. The molecule has 0 aromatic carbocycles. The maximum Gasteiger partial charge on any atom is 0.356 e.